The molecule has 0 N–H and O–H groups in total. The van der Waals surface area contributed by atoms with Crippen LogP contribution in [0.25, 0.3) is 6.08 Å². The number of fused-ring (bicyclic) bond motifs is 5. The predicted molar refractivity (Wildman–Crippen MR) is 172 cm³/mol. The number of hydrogen-bond acceptors (Lipinski definition) is 7. The van der Waals surface area contributed by atoms with Crippen molar-refractivity contribution in [2.45, 2.75) is 98.7 Å². The molecule has 44 heavy (non-hydrogen) atoms. The molecule has 4 aliphatic carbocycles. The van der Waals surface area contributed by atoms with E-state index in [0.717, 1.165) is 75.9 Å². The summed E-state index contributed by atoms with van der Waals surface area (Å²) >= 11 is 0. The quantitative estimate of drug-likeness (QED) is 0.205. The molecule has 0 bridgehead atoms. The van der Waals surface area contributed by atoms with Crippen molar-refractivity contribution in [3.05, 3.63) is 41.0 Å². The molecule has 5 rings (SSSR count). The molecule has 1 aromatic carbocycles. The monoisotopic (exact) mass is 607 g/mol. The second kappa shape index (κ2) is 13.3. The third-order valence-electron chi connectivity index (χ3n) is 11.6. The molecular formula is C37H53NO6. The van der Waals surface area contributed by atoms with Crippen LogP contribution in [0.2, 0.25) is 0 Å². The highest BCUT2D eigenvalue weighted by Gasteiger charge is 2.61. The molecule has 1 aromatic rings. The van der Waals surface area contributed by atoms with E-state index >= 15 is 0 Å². The molecule has 242 valence electrons. The van der Waals surface area contributed by atoms with Gasteiger partial charge in [0.15, 0.2) is 11.5 Å². The number of carbonyl (C=O) groups is 2. The first-order valence-electron chi connectivity index (χ1n) is 16.8. The van der Waals surface area contributed by atoms with Gasteiger partial charge >= 0.3 is 11.9 Å². The molecule has 3 fully saturated rings. The first-order chi connectivity index (χ1) is 21.0. The van der Waals surface area contributed by atoms with E-state index in [1.807, 2.05) is 12.1 Å². The maximum atomic E-state index is 12.4. The van der Waals surface area contributed by atoms with Gasteiger partial charge in [-0.2, -0.15) is 0 Å². The van der Waals surface area contributed by atoms with Gasteiger partial charge in [0, 0.05) is 32.2 Å². The second-order valence-electron chi connectivity index (χ2n) is 14.0. The molecule has 7 nitrogen and oxygen atoms in total. The third-order valence-corrected chi connectivity index (χ3v) is 11.6. The van der Waals surface area contributed by atoms with Crippen LogP contribution in [0, 0.1) is 28.6 Å². The molecule has 7 atom stereocenters. The van der Waals surface area contributed by atoms with Gasteiger partial charge in [-0.1, -0.05) is 51.5 Å². The van der Waals surface area contributed by atoms with E-state index in [1.165, 1.54) is 25.0 Å². The van der Waals surface area contributed by atoms with Crippen LogP contribution < -0.4 is 9.47 Å². The number of likely N-dealkylation sites (N-methyl/N-ethyl adjacent to an activating group) is 1. The molecule has 0 radical (unpaired) electrons. The van der Waals surface area contributed by atoms with Crippen LogP contribution in [-0.2, 0) is 19.1 Å². The number of methoxy groups -OCH3 is 1. The van der Waals surface area contributed by atoms with Gasteiger partial charge < -0.3 is 23.8 Å². The Morgan fingerprint density at radius 1 is 0.977 bits per heavy atom. The molecule has 7 heteroatoms. The summed E-state index contributed by atoms with van der Waals surface area (Å²) in [4.78, 5) is 26.4. The lowest BCUT2D eigenvalue weighted by molar-refractivity contribution is -0.154. The van der Waals surface area contributed by atoms with Gasteiger partial charge in [0.1, 0.15) is 18.8 Å². The van der Waals surface area contributed by atoms with E-state index in [4.69, 9.17) is 18.9 Å². The van der Waals surface area contributed by atoms with Crippen LogP contribution in [-0.4, -0.2) is 62.4 Å². The molecule has 3 saturated carbocycles. The van der Waals surface area contributed by atoms with Gasteiger partial charge in [0.25, 0.3) is 0 Å². The number of esters is 2. The summed E-state index contributed by atoms with van der Waals surface area (Å²) in [6.45, 7) is 15.7. The molecule has 0 unspecified atom stereocenters. The largest absolute Gasteiger partial charge is 0.493 e. The summed E-state index contributed by atoms with van der Waals surface area (Å²) < 4.78 is 23.7. The zero-order chi connectivity index (χ0) is 31.6. The van der Waals surface area contributed by atoms with Gasteiger partial charge in [-0.15, -0.1) is 0 Å². The van der Waals surface area contributed by atoms with E-state index in [-0.39, 0.29) is 35.0 Å². The maximum absolute atomic E-state index is 12.4. The SMILES string of the molecule is CCN(CC)CCOc1ccc(/C=C2/C[C@H]3[C@@H]4CC=C5C[C@@H](OC(C)=O)CC[C@]5(C)[C@H]4CC[C@]3(C)[C@H]2OC(C)=O)cc1OC. The molecule has 0 amide bonds. The lowest BCUT2D eigenvalue weighted by Gasteiger charge is -2.57. The fraction of sp³-hybridized carbons (Fsp3) is 0.676. The fourth-order valence-electron chi connectivity index (χ4n) is 9.25. The summed E-state index contributed by atoms with van der Waals surface area (Å²) in [7, 11) is 1.68. The van der Waals surface area contributed by atoms with Crippen LogP contribution in [0.4, 0.5) is 0 Å². The first kappa shape index (κ1) is 32.6. The molecule has 0 heterocycles. The van der Waals surface area contributed by atoms with Gasteiger partial charge in [-0.25, -0.2) is 0 Å². The Morgan fingerprint density at radius 3 is 2.41 bits per heavy atom. The van der Waals surface area contributed by atoms with Crippen LogP contribution in [0.1, 0.15) is 92.1 Å². The van der Waals surface area contributed by atoms with Crippen molar-refractivity contribution in [1.82, 2.24) is 4.90 Å². The number of ether oxygens (including phenoxy) is 4. The number of nitrogens with zero attached hydrogens (tertiary/aromatic N) is 1. The van der Waals surface area contributed by atoms with Crippen molar-refractivity contribution in [1.29, 1.82) is 0 Å². The Kier molecular flexibility index (Phi) is 9.84. The number of rotatable bonds is 10. The van der Waals surface area contributed by atoms with E-state index in [0.29, 0.717) is 30.1 Å². The Balaban J connectivity index is 1.39. The normalized spacial score (nSPS) is 33.6. The van der Waals surface area contributed by atoms with Crippen LogP contribution in [0.15, 0.2) is 35.4 Å². The van der Waals surface area contributed by atoms with E-state index in [9.17, 15) is 9.59 Å². The van der Waals surface area contributed by atoms with Crippen molar-refractivity contribution in [2.24, 2.45) is 28.6 Å². The highest BCUT2D eigenvalue weighted by atomic mass is 16.5. The topological polar surface area (TPSA) is 74.3 Å². The summed E-state index contributed by atoms with van der Waals surface area (Å²) in [6.07, 6.45) is 11.4. The van der Waals surface area contributed by atoms with Crippen LogP contribution in [0.5, 0.6) is 11.5 Å². The van der Waals surface area contributed by atoms with Gasteiger partial charge in [0.2, 0.25) is 0 Å². The van der Waals surface area contributed by atoms with E-state index in [2.05, 4.69) is 50.8 Å². The lowest BCUT2D eigenvalue weighted by Crippen LogP contribution is -2.51. The van der Waals surface area contributed by atoms with Crippen LogP contribution in [0.3, 0.4) is 0 Å². The average Bonchev–Trinajstić information content (AvgIpc) is 3.26. The zero-order valence-corrected chi connectivity index (χ0v) is 27.9. The number of benzene rings is 1. The number of allylic oxidation sites excluding steroid dienone is 1. The smallest absolute Gasteiger partial charge is 0.303 e. The summed E-state index contributed by atoms with van der Waals surface area (Å²) in [6, 6.07) is 6.11. The Hall–Kier alpha value is -2.80. The Labute approximate surface area is 264 Å². The zero-order valence-electron chi connectivity index (χ0n) is 27.9. The summed E-state index contributed by atoms with van der Waals surface area (Å²) in [5, 5.41) is 0. The summed E-state index contributed by atoms with van der Waals surface area (Å²) in [5.41, 5.74) is 3.75. The third kappa shape index (κ3) is 6.31. The van der Waals surface area contributed by atoms with Gasteiger partial charge in [-0.05, 0) is 98.1 Å². The highest BCUT2D eigenvalue weighted by Crippen LogP contribution is 2.66. The molecule has 0 saturated heterocycles. The minimum absolute atomic E-state index is 0.00255. The minimum Gasteiger partial charge on any atom is -0.493 e. The van der Waals surface area contributed by atoms with Crippen molar-refractivity contribution in [3.63, 3.8) is 0 Å². The maximum Gasteiger partial charge on any atom is 0.303 e. The predicted octanol–water partition coefficient (Wildman–Crippen LogP) is 7.24. The highest BCUT2D eigenvalue weighted by molar-refractivity contribution is 5.68. The lowest BCUT2D eigenvalue weighted by atomic mass is 9.48. The molecule has 0 spiro atoms. The first-order valence-corrected chi connectivity index (χ1v) is 16.8. The summed E-state index contributed by atoms with van der Waals surface area (Å²) in [5.74, 6) is 2.61. The van der Waals surface area contributed by atoms with E-state index < -0.39 is 0 Å². The van der Waals surface area contributed by atoms with Crippen molar-refractivity contribution in [2.75, 3.05) is 33.4 Å². The average molecular weight is 608 g/mol. The Morgan fingerprint density at radius 2 is 1.73 bits per heavy atom. The Bertz CT molecular complexity index is 1280. The number of carbonyl (C=O) groups excluding carboxylic acids is 2. The molecule has 0 aliphatic heterocycles. The van der Waals surface area contributed by atoms with Crippen molar-refractivity contribution >= 4 is 18.0 Å². The molecule has 0 aromatic heterocycles. The van der Waals surface area contributed by atoms with Crippen molar-refractivity contribution in [3.8, 4) is 11.5 Å². The standard InChI is InChI=1S/C37H53NO6/c1-8-38(9-2)18-19-42-33-13-10-26(21-34(33)41-7)20-27-22-32-30-12-11-28-23-29(43-24(3)39)14-16-36(28,5)31(30)15-17-37(32,6)35(27)44-25(4)40/h10-11,13,20-21,29-32,35H,8-9,12,14-19,22-23H2,1-7H3/b27-20-/t29-,30+,31-,32-,35-,36-,37-/m0/s1. The van der Waals surface area contributed by atoms with Gasteiger partial charge in [-0.3, -0.25) is 9.59 Å². The van der Waals surface area contributed by atoms with Gasteiger partial charge in [0.05, 0.1) is 7.11 Å². The van der Waals surface area contributed by atoms with Crippen molar-refractivity contribution < 1.29 is 28.5 Å². The minimum atomic E-state index is -0.236. The second-order valence-corrected chi connectivity index (χ2v) is 14.0. The number of hydrogen-bond donors (Lipinski definition) is 0. The fourth-order valence-corrected chi connectivity index (χ4v) is 9.25. The molecular weight excluding hydrogens is 554 g/mol. The van der Waals surface area contributed by atoms with E-state index in [1.54, 1.807) is 7.11 Å². The van der Waals surface area contributed by atoms with Crippen LogP contribution >= 0.6 is 0 Å². The molecule has 4 aliphatic rings.